The lowest BCUT2D eigenvalue weighted by Gasteiger charge is -2.01. The Kier molecular flexibility index (Phi) is 3.23. The predicted molar refractivity (Wildman–Crippen MR) is 55.8 cm³/mol. The summed E-state index contributed by atoms with van der Waals surface area (Å²) in [5.41, 5.74) is -0.126. The molecule has 0 saturated carbocycles. The van der Waals surface area contributed by atoms with E-state index in [0.29, 0.717) is 4.47 Å². The number of hydrogen-bond acceptors (Lipinski definition) is 3. The molecule has 0 amide bonds. The van der Waals surface area contributed by atoms with Crippen LogP contribution >= 0.6 is 27.5 Å². The fraction of sp³-hybridized carbons (Fsp3) is 0.125. The number of benzene rings is 1. The lowest BCUT2D eigenvalue weighted by molar-refractivity contribution is -0.384. The van der Waals surface area contributed by atoms with Gasteiger partial charge in [0.05, 0.1) is 4.92 Å². The van der Waals surface area contributed by atoms with Crippen LogP contribution in [0.25, 0.3) is 0 Å². The fourth-order valence-corrected chi connectivity index (χ4v) is 1.72. The van der Waals surface area contributed by atoms with E-state index >= 15 is 0 Å². The van der Waals surface area contributed by atoms with E-state index in [0.717, 1.165) is 0 Å². The molecule has 0 aliphatic rings. The van der Waals surface area contributed by atoms with Crippen molar-refractivity contribution in [3.8, 4) is 0 Å². The number of carbonyl (C=O) groups is 1. The summed E-state index contributed by atoms with van der Waals surface area (Å²) in [6.45, 7) is 1.30. The van der Waals surface area contributed by atoms with Crippen molar-refractivity contribution < 1.29 is 9.72 Å². The van der Waals surface area contributed by atoms with Gasteiger partial charge in [0.25, 0.3) is 5.69 Å². The second-order valence-electron chi connectivity index (χ2n) is 2.60. The van der Waals surface area contributed by atoms with Crippen molar-refractivity contribution >= 4 is 39.0 Å². The molecule has 0 atom stereocenters. The molecule has 74 valence electrons. The molecule has 14 heavy (non-hydrogen) atoms. The Labute approximate surface area is 93.1 Å². The van der Waals surface area contributed by atoms with Crippen molar-refractivity contribution in [3.63, 3.8) is 0 Å². The lowest BCUT2D eigenvalue weighted by Crippen LogP contribution is -1.98. The Bertz CT molecular complexity index is 384. The van der Waals surface area contributed by atoms with Crippen LogP contribution < -0.4 is 0 Å². The van der Waals surface area contributed by atoms with Gasteiger partial charge in [0.2, 0.25) is 0 Å². The Balaban J connectivity index is 3.47. The normalized spacial score (nSPS) is 9.93. The van der Waals surface area contributed by atoms with Gasteiger partial charge in [-0.3, -0.25) is 14.9 Å². The maximum absolute atomic E-state index is 11.1. The maximum atomic E-state index is 11.1. The molecule has 0 unspecified atom stereocenters. The van der Waals surface area contributed by atoms with Crippen molar-refractivity contribution in [1.29, 1.82) is 0 Å². The van der Waals surface area contributed by atoms with Crippen LogP contribution in [0.5, 0.6) is 0 Å². The monoisotopic (exact) mass is 277 g/mol. The van der Waals surface area contributed by atoms with Crippen LogP contribution in [0.15, 0.2) is 16.6 Å². The van der Waals surface area contributed by atoms with Crippen LogP contribution in [-0.2, 0) is 0 Å². The molecule has 0 heterocycles. The number of halogens is 2. The first-order valence-corrected chi connectivity index (χ1v) is 4.75. The Morgan fingerprint density at radius 1 is 1.57 bits per heavy atom. The first-order valence-electron chi connectivity index (χ1n) is 3.58. The van der Waals surface area contributed by atoms with Gasteiger partial charge in [0.15, 0.2) is 5.78 Å². The van der Waals surface area contributed by atoms with E-state index in [1.807, 2.05) is 0 Å². The molecule has 0 saturated heterocycles. The molecule has 0 bridgehead atoms. The van der Waals surface area contributed by atoms with Crippen molar-refractivity contribution in [1.82, 2.24) is 0 Å². The number of carbonyl (C=O) groups excluding carboxylic acids is 1. The van der Waals surface area contributed by atoms with Gasteiger partial charge >= 0.3 is 0 Å². The number of nitro benzene ring substituents is 1. The molecule has 1 aromatic rings. The predicted octanol–water partition coefficient (Wildman–Crippen LogP) is 3.21. The second kappa shape index (κ2) is 4.06. The Morgan fingerprint density at radius 3 is 2.57 bits per heavy atom. The highest BCUT2D eigenvalue weighted by atomic mass is 79.9. The summed E-state index contributed by atoms with van der Waals surface area (Å²) in [6.07, 6.45) is 0. The van der Waals surface area contributed by atoms with E-state index in [1.165, 1.54) is 19.1 Å². The highest BCUT2D eigenvalue weighted by Gasteiger charge is 2.19. The van der Waals surface area contributed by atoms with Gasteiger partial charge in [-0.15, -0.1) is 0 Å². The number of ketones is 1. The molecule has 0 spiro atoms. The molecular formula is C8H5BrClNO3. The Morgan fingerprint density at radius 2 is 2.14 bits per heavy atom. The average molecular weight is 278 g/mol. The van der Waals surface area contributed by atoms with Crippen LogP contribution in [0.4, 0.5) is 5.69 Å². The highest BCUT2D eigenvalue weighted by Crippen LogP contribution is 2.31. The van der Waals surface area contributed by atoms with Crippen molar-refractivity contribution in [2.24, 2.45) is 0 Å². The summed E-state index contributed by atoms with van der Waals surface area (Å²) >= 11 is 8.76. The maximum Gasteiger partial charge on any atom is 0.289 e. The minimum absolute atomic E-state index is 0.120. The molecule has 1 rings (SSSR count). The average Bonchev–Trinajstić information content (AvgIpc) is 2.07. The fourth-order valence-electron chi connectivity index (χ4n) is 0.964. The van der Waals surface area contributed by atoms with E-state index in [2.05, 4.69) is 15.9 Å². The van der Waals surface area contributed by atoms with Crippen LogP contribution in [0.2, 0.25) is 5.02 Å². The van der Waals surface area contributed by atoms with Crippen molar-refractivity contribution in [3.05, 3.63) is 37.3 Å². The number of nitrogens with zero attached hydrogens (tertiary/aromatic N) is 1. The molecule has 0 N–H and O–H groups in total. The SMILES string of the molecule is CC(=O)c1cc(Br)cc([N+](=O)[O-])c1Cl. The zero-order valence-electron chi connectivity index (χ0n) is 7.08. The number of rotatable bonds is 2. The summed E-state index contributed by atoms with van der Waals surface area (Å²) in [5, 5.41) is 10.4. The molecule has 1 aromatic carbocycles. The van der Waals surface area contributed by atoms with Gasteiger partial charge < -0.3 is 0 Å². The first-order chi connectivity index (χ1) is 6.43. The number of Topliss-reactive ketones (excluding diaryl/α,β-unsaturated/α-hetero) is 1. The molecule has 0 aliphatic carbocycles. The molecule has 0 aromatic heterocycles. The molecule has 0 fully saturated rings. The Hall–Kier alpha value is -0.940. The summed E-state index contributed by atoms with van der Waals surface area (Å²) in [4.78, 5) is 21.0. The van der Waals surface area contributed by atoms with Crippen LogP contribution in [0.1, 0.15) is 17.3 Å². The van der Waals surface area contributed by atoms with Gasteiger partial charge in [0.1, 0.15) is 5.02 Å². The third-order valence-corrected chi connectivity index (χ3v) is 2.45. The minimum Gasteiger partial charge on any atom is -0.294 e. The van der Waals surface area contributed by atoms with E-state index in [1.54, 1.807) is 0 Å². The lowest BCUT2D eigenvalue weighted by atomic mass is 10.1. The zero-order valence-corrected chi connectivity index (χ0v) is 9.42. The summed E-state index contributed by atoms with van der Waals surface area (Å²) < 4.78 is 0.457. The van der Waals surface area contributed by atoms with Gasteiger partial charge in [-0.1, -0.05) is 27.5 Å². The molecule has 0 radical (unpaired) electrons. The zero-order chi connectivity index (χ0) is 10.9. The third kappa shape index (κ3) is 2.10. The molecule has 4 nitrogen and oxygen atoms in total. The van der Waals surface area contributed by atoms with Gasteiger partial charge in [-0.05, 0) is 13.0 Å². The second-order valence-corrected chi connectivity index (χ2v) is 3.89. The summed E-state index contributed by atoms with van der Waals surface area (Å²) in [6, 6.07) is 2.71. The van der Waals surface area contributed by atoms with Crippen LogP contribution in [0.3, 0.4) is 0 Å². The van der Waals surface area contributed by atoms with Gasteiger partial charge in [0, 0.05) is 16.1 Å². The topological polar surface area (TPSA) is 60.2 Å². The number of hydrogen-bond donors (Lipinski definition) is 0. The standard InChI is InChI=1S/C8H5BrClNO3/c1-4(12)6-2-5(9)3-7(8(6)10)11(13)14/h2-3H,1H3. The van der Waals surface area contributed by atoms with Crippen LogP contribution in [0, 0.1) is 10.1 Å². The smallest absolute Gasteiger partial charge is 0.289 e. The summed E-state index contributed by atoms with van der Waals surface area (Å²) in [5.74, 6) is -0.306. The van der Waals surface area contributed by atoms with Crippen molar-refractivity contribution in [2.75, 3.05) is 0 Å². The van der Waals surface area contributed by atoms with Gasteiger partial charge in [-0.2, -0.15) is 0 Å². The largest absolute Gasteiger partial charge is 0.294 e. The van der Waals surface area contributed by atoms with Crippen molar-refractivity contribution in [2.45, 2.75) is 6.92 Å². The highest BCUT2D eigenvalue weighted by molar-refractivity contribution is 9.10. The minimum atomic E-state index is -0.625. The third-order valence-electron chi connectivity index (χ3n) is 1.59. The van der Waals surface area contributed by atoms with E-state index in [4.69, 9.17) is 11.6 Å². The van der Waals surface area contributed by atoms with E-state index in [-0.39, 0.29) is 22.1 Å². The van der Waals surface area contributed by atoms with E-state index < -0.39 is 4.92 Å². The molecule has 0 aliphatic heterocycles. The van der Waals surface area contributed by atoms with Crippen LogP contribution in [-0.4, -0.2) is 10.7 Å². The quantitative estimate of drug-likeness (QED) is 0.474. The van der Waals surface area contributed by atoms with E-state index in [9.17, 15) is 14.9 Å². The number of nitro groups is 1. The molecular weight excluding hydrogens is 273 g/mol. The summed E-state index contributed by atoms with van der Waals surface area (Å²) in [7, 11) is 0. The first kappa shape index (κ1) is 11.1. The van der Waals surface area contributed by atoms with Gasteiger partial charge in [-0.25, -0.2) is 0 Å². The molecule has 6 heteroatoms.